The lowest BCUT2D eigenvalue weighted by Gasteiger charge is -2.22. The summed E-state index contributed by atoms with van der Waals surface area (Å²) < 4.78 is 10.3. The molecule has 4 nitrogen and oxygen atoms in total. The SMILES string of the molecule is COC(=O)C(C)(N)CCCOC(C)CC(C)C. The van der Waals surface area contributed by atoms with Crippen LogP contribution in [0.1, 0.15) is 47.0 Å². The number of rotatable bonds is 8. The van der Waals surface area contributed by atoms with Gasteiger partial charge in [-0.2, -0.15) is 0 Å². The van der Waals surface area contributed by atoms with E-state index >= 15 is 0 Å². The van der Waals surface area contributed by atoms with Crippen molar-refractivity contribution in [2.24, 2.45) is 11.7 Å². The summed E-state index contributed by atoms with van der Waals surface area (Å²) in [5, 5.41) is 0. The molecular formula is C13H27NO3. The van der Waals surface area contributed by atoms with Crippen molar-refractivity contribution in [3.8, 4) is 0 Å². The van der Waals surface area contributed by atoms with E-state index in [9.17, 15) is 4.79 Å². The quantitative estimate of drug-likeness (QED) is 0.525. The predicted molar refractivity (Wildman–Crippen MR) is 68.7 cm³/mol. The molecule has 0 aromatic rings. The summed E-state index contributed by atoms with van der Waals surface area (Å²) in [5.41, 5.74) is 4.93. The van der Waals surface area contributed by atoms with Gasteiger partial charge in [0.05, 0.1) is 13.2 Å². The van der Waals surface area contributed by atoms with Gasteiger partial charge in [0.1, 0.15) is 5.54 Å². The van der Waals surface area contributed by atoms with Crippen LogP contribution in [0.3, 0.4) is 0 Å². The van der Waals surface area contributed by atoms with Crippen LogP contribution in [-0.4, -0.2) is 31.3 Å². The van der Waals surface area contributed by atoms with Crippen LogP contribution in [0.5, 0.6) is 0 Å². The number of esters is 1. The first-order valence-electron chi connectivity index (χ1n) is 6.28. The lowest BCUT2D eigenvalue weighted by atomic mass is 9.98. The summed E-state index contributed by atoms with van der Waals surface area (Å²) in [6.07, 6.45) is 2.66. The second kappa shape index (κ2) is 7.67. The fraction of sp³-hybridized carbons (Fsp3) is 0.923. The normalized spacial score (nSPS) is 16.6. The van der Waals surface area contributed by atoms with Gasteiger partial charge in [-0.3, -0.25) is 4.79 Å². The molecule has 17 heavy (non-hydrogen) atoms. The van der Waals surface area contributed by atoms with Gasteiger partial charge in [-0.25, -0.2) is 0 Å². The minimum absolute atomic E-state index is 0.261. The average molecular weight is 245 g/mol. The fourth-order valence-corrected chi connectivity index (χ4v) is 1.79. The van der Waals surface area contributed by atoms with E-state index in [1.54, 1.807) is 6.92 Å². The summed E-state index contributed by atoms with van der Waals surface area (Å²) in [4.78, 5) is 11.3. The molecule has 0 aromatic carbocycles. The van der Waals surface area contributed by atoms with E-state index in [0.717, 1.165) is 12.8 Å². The Balaban J connectivity index is 3.74. The molecule has 0 aliphatic heterocycles. The first kappa shape index (κ1) is 16.4. The van der Waals surface area contributed by atoms with Gasteiger partial charge < -0.3 is 15.2 Å². The molecule has 0 rings (SSSR count). The van der Waals surface area contributed by atoms with E-state index in [1.165, 1.54) is 7.11 Å². The second-order valence-electron chi connectivity index (χ2n) is 5.32. The first-order valence-corrected chi connectivity index (χ1v) is 6.28. The molecule has 0 aromatic heterocycles. The minimum atomic E-state index is -0.903. The van der Waals surface area contributed by atoms with Crippen LogP contribution in [0, 0.1) is 5.92 Å². The number of nitrogens with two attached hydrogens (primary N) is 1. The predicted octanol–water partition coefficient (Wildman–Crippen LogP) is 2.11. The summed E-state index contributed by atoms with van der Waals surface area (Å²) in [7, 11) is 1.36. The van der Waals surface area contributed by atoms with Crippen LogP contribution in [0.25, 0.3) is 0 Å². The number of ether oxygens (including phenoxy) is 2. The van der Waals surface area contributed by atoms with Crippen molar-refractivity contribution in [3.63, 3.8) is 0 Å². The highest BCUT2D eigenvalue weighted by Gasteiger charge is 2.28. The fourth-order valence-electron chi connectivity index (χ4n) is 1.79. The zero-order valence-corrected chi connectivity index (χ0v) is 11.8. The van der Waals surface area contributed by atoms with Gasteiger partial charge in [0.25, 0.3) is 0 Å². The van der Waals surface area contributed by atoms with E-state index in [0.29, 0.717) is 18.9 Å². The van der Waals surface area contributed by atoms with Crippen molar-refractivity contribution >= 4 is 5.97 Å². The molecule has 0 aliphatic carbocycles. The van der Waals surface area contributed by atoms with E-state index < -0.39 is 5.54 Å². The van der Waals surface area contributed by atoms with Crippen molar-refractivity contribution in [1.82, 2.24) is 0 Å². The molecule has 0 saturated heterocycles. The maximum atomic E-state index is 11.3. The number of carbonyl (C=O) groups excluding carboxylic acids is 1. The topological polar surface area (TPSA) is 61.5 Å². The highest BCUT2D eigenvalue weighted by molar-refractivity contribution is 5.79. The first-order chi connectivity index (χ1) is 7.79. The number of carbonyl (C=O) groups is 1. The third-order valence-corrected chi connectivity index (χ3v) is 2.70. The highest BCUT2D eigenvalue weighted by Crippen LogP contribution is 2.12. The third-order valence-electron chi connectivity index (χ3n) is 2.70. The molecule has 0 spiro atoms. The summed E-state index contributed by atoms with van der Waals surface area (Å²) >= 11 is 0. The van der Waals surface area contributed by atoms with Crippen LogP contribution >= 0.6 is 0 Å². The standard InChI is InChI=1S/C13H27NO3/c1-10(2)9-11(3)17-8-6-7-13(4,14)12(15)16-5/h10-11H,6-9,14H2,1-5H3. The Morgan fingerprint density at radius 1 is 1.35 bits per heavy atom. The maximum absolute atomic E-state index is 11.3. The third kappa shape index (κ3) is 7.34. The van der Waals surface area contributed by atoms with Crippen LogP contribution in [0.15, 0.2) is 0 Å². The summed E-state index contributed by atoms with van der Waals surface area (Å²) in [6.45, 7) is 8.75. The zero-order valence-electron chi connectivity index (χ0n) is 11.8. The Labute approximate surface area is 105 Å². The van der Waals surface area contributed by atoms with E-state index in [2.05, 4.69) is 25.5 Å². The van der Waals surface area contributed by atoms with Crippen molar-refractivity contribution in [2.45, 2.75) is 58.6 Å². The molecule has 0 saturated carbocycles. The van der Waals surface area contributed by atoms with E-state index in [1.807, 2.05) is 0 Å². The Morgan fingerprint density at radius 2 is 1.94 bits per heavy atom. The van der Waals surface area contributed by atoms with Crippen molar-refractivity contribution in [1.29, 1.82) is 0 Å². The molecule has 2 unspecified atom stereocenters. The lowest BCUT2D eigenvalue weighted by Crippen LogP contribution is -2.45. The summed E-state index contributed by atoms with van der Waals surface area (Å²) in [5.74, 6) is 0.271. The van der Waals surface area contributed by atoms with Gasteiger partial charge in [0.2, 0.25) is 0 Å². The lowest BCUT2D eigenvalue weighted by molar-refractivity contribution is -0.146. The molecule has 102 valence electrons. The van der Waals surface area contributed by atoms with E-state index in [4.69, 9.17) is 10.5 Å². The number of hydrogen-bond acceptors (Lipinski definition) is 4. The number of methoxy groups -OCH3 is 1. The molecule has 0 bridgehead atoms. The van der Waals surface area contributed by atoms with Crippen molar-refractivity contribution in [2.75, 3.05) is 13.7 Å². The number of hydrogen-bond donors (Lipinski definition) is 1. The Kier molecular flexibility index (Phi) is 7.39. The van der Waals surface area contributed by atoms with Crippen molar-refractivity contribution in [3.05, 3.63) is 0 Å². The van der Waals surface area contributed by atoms with Crippen LogP contribution in [0.2, 0.25) is 0 Å². The van der Waals surface area contributed by atoms with Crippen LogP contribution in [0.4, 0.5) is 0 Å². The monoisotopic (exact) mass is 245 g/mol. The molecule has 4 heteroatoms. The molecule has 0 radical (unpaired) electrons. The van der Waals surface area contributed by atoms with Crippen LogP contribution < -0.4 is 5.73 Å². The zero-order chi connectivity index (χ0) is 13.5. The molecule has 0 aliphatic rings. The van der Waals surface area contributed by atoms with Gasteiger partial charge in [-0.1, -0.05) is 13.8 Å². The van der Waals surface area contributed by atoms with Gasteiger partial charge in [0.15, 0.2) is 0 Å². The Bertz CT molecular complexity index is 227. The van der Waals surface area contributed by atoms with Gasteiger partial charge in [-0.15, -0.1) is 0 Å². The molecule has 2 atom stereocenters. The van der Waals surface area contributed by atoms with Gasteiger partial charge >= 0.3 is 5.97 Å². The summed E-state index contributed by atoms with van der Waals surface area (Å²) in [6, 6.07) is 0. The maximum Gasteiger partial charge on any atom is 0.325 e. The Hall–Kier alpha value is -0.610. The minimum Gasteiger partial charge on any atom is -0.468 e. The molecule has 0 fully saturated rings. The molecule has 2 N–H and O–H groups in total. The van der Waals surface area contributed by atoms with Gasteiger partial charge in [-0.05, 0) is 39.0 Å². The molecule has 0 heterocycles. The molecule has 0 amide bonds. The largest absolute Gasteiger partial charge is 0.468 e. The second-order valence-corrected chi connectivity index (χ2v) is 5.32. The van der Waals surface area contributed by atoms with E-state index in [-0.39, 0.29) is 12.1 Å². The Morgan fingerprint density at radius 3 is 2.41 bits per heavy atom. The highest BCUT2D eigenvalue weighted by atomic mass is 16.5. The average Bonchev–Trinajstić information content (AvgIpc) is 2.22. The van der Waals surface area contributed by atoms with Crippen LogP contribution in [-0.2, 0) is 14.3 Å². The smallest absolute Gasteiger partial charge is 0.325 e. The molecular weight excluding hydrogens is 218 g/mol. The van der Waals surface area contributed by atoms with Gasteiger partial charge in [0, 0.05) is 6.61 Å². The van der Waals surface area contributed by atoms with Crippen molar-refractivity contribution < 1.29 is 14.3 Å².